The first-order valence-electron chi connectivity index (χ1n) is 8.40. The van der Waals surface area contributed by atoms with E-state index >= 15 is 0 Å². The van der Waals surface area contributed by atoms with E-state index in [-0.39, 0.29) is 12.8 Å². The quantitative estimate of drug-likeness (QED) is 0.472. The summed E-state index contributed by atoms with van der Waals surface area (Å²) >= 11 is 0. The summed E-state index contributed by atoms with van der Waals surface area (Å²) in [4.78, 5) is 11.6. The third kappa shape index (κ3) is 2.95. The van der Waals surface area contributed by atoms with Gasteiger partial charge in [-0.1, -0.05) is 30.3 Å². The maximum atomic E-state index is 14.4. The van der Waals surface area contributed by atoms with Crippen LogP contribution in [-0.2, 0) is 11.2 Å². The lowest BCUT2D eigenvalue weighted by molar-refractivity contribution is -0.476. The summed E-state index contributed by atoms with van der Waals surface area (Å²) in [6.07, 6.45) is 0.351. The number of amides is 1. The molecular weight excluding hydrogens is 443 g/mol. The second-order valence-corrected chi connectivity index (χ2v) is 6.73. The van der Waals surface area contributed by atoms with E-state index in [1.165, 1.54) is 0 Å². The molecule has 1 aliphatic rings. The highest BCUT2D eigenvalue weighted by atomic mass is 19.4. The number of carbonyl (C=O) groups is 1. The topological polar surface area (TPSA) is 29.1 Å². The van der Waals surface area contributed by atoms with Gasteiger partial charge >= 0.3 is 35.3 Å². The maximum absolute atomic E-state index is 14.4. The molecule has 2 nitrogen and oxygen atoms in total. The molecule has 0 unspecified atom stereocenters. The van der Waals surface area contributed by atoms with Gasteiger partial charge in [-0.2, -0.15) is 43.9 Å². The largest absolute Gasteiger partial charge is 0.384 e. The predicted octanol–water partition coefficient (Wildman–Crippen LogP) is 5.02. The molecule has 170 valence electrons. The van der Waals surface area contributed by atoms with Crippen molar-refractivity contribution in [3.05, 3.63) is 35.9 Å². The van der Waals surface area contributed by atoms with Crippen LogP contribution in [0.2, 0.25) is 0 Å². The van der Waals surface area contributed by atoms with E-state index in [0.29, 0.717) is 6.42 Å². The van der Waals surface area contributed by atoms with Gasteiger partial charge in [0.1, 0.15) is 0 Å². The average Bonchev–Trinajstić information content (AvgIpc) is 2.66. The van der Waals surface area contributed by atoms with Crippen molar-refractivity contribution < 1.29 is 53.1 Å². The molecule has 1 fully saturated rings. The Kier molecular flexibility index (Phi) is 5.85. The number of halogens is 11. The Balaban J connectivity index is 2.21. The molecule has 0 radical (unpaired) electrons. The Bertz CT molecular complexity index is 749. The van der Waals surface area contributed by atoms with E-state index in [2.05, 4.69) is 0 Å². The third-order valence-corrected chi connectivity index (χ3v) is 4.78. The van der Waals surface area contributed by atoms with Gasteiger partial charge in [0.25, 0.3) is 5.91 Å². The molecule has 13 heteroatoms. The Morgan fingerprint density at radius 1 is 0.667 bits per heavy atom. The smallest absolute Gasteiger partial charge is 0.353 e. The van der Waals surface area contributed by atoms with Crippen LogP contribution < -0.4 is 5.32 Å². The van der Waals surface area contributed by atoms with Crippen LogP contribution in [0, 0.1) is 0 Å². The zero-order valence-corrected chi connectivity index (χ0v) is 14.8. The van der Waals surface area contributed by atoms with E-state index in [9.17, 15) is 53.1 Å². The normalized spacial score (nSPS) is 24.8. The van der Waals surface area contributed by atoms with Crippen molar-refractivity contribution in [2.75, 3.05) is 6.54 Å². The van der Waals surface area contributed by atoms with Gasteiger partial charge in [-0.25, -0.2) is 4.39 Å². The minimum absolute atomic E-state index is 0.170. The molecule has 0 bridgehead atoms. The number of benzene rings is 1. The molecule has 1 N–H and O–H groups in total. The number of hydrogen-bond acceptors (Lipinski definition) is 1. The van der Waals surface area contributed by atoms with Crippen molar-refractivity contribution in [1.29, 1.82) is 0 Å². The van der Waals surface area contributed by atoms with Crippen molar-refractivity contribution in [1.82, 2.24) is 5.32 Å². The van der Waals surface area contributed by atoms with Crippen molar-refractivity contribution in [3.8, 4) is 0 Å². The minimum atomic E-state index is -7.33. The monoisotopic (exact) mass is 457 g/mol. The van der Waals surface area contributed by atoms with Crippen LogP contribution in [0.15, 0.2) is 30.3 Å². The van der Waals surface area contributed by atoms with Gasteiger partial charge in [-0.3, -0.25) is 4.79 Å². The summed E-state index contributed by atoms with van der Waals surface area (Å²) < 4.78 is 149. The van der Waals surface area contributed by atoms with Crippen molar-refractivity contribution >= 4 is 5.91 Å². The molecule has 0 heterocycles. The van der Waals surface area contributed by atoms with Crippen LogP contribution in [0.3, 0.4) is 0 Å². The van der Waals surface area contributed by atoms with Crippen molar-refractivity contribution in [3.63, 3.8) is 0 Å². The van der Waals surface area contributed by atoms with Crippen molar-refractivity contribution in [2.24, 2.45) is 0 Å². The van der Waals surface area contributed by atoms with Crippen LogP contribution in [0.1, 0.15) is 18.4 Å². The zero-order chi connectivity index (χ0) is 23.2. The second kappa shape index (κ2) is 7.26. The fourth-order valence-corrected chi connectivity index (χ4v) is 2.93. The number of carbonyl (C=O) groups excluding carboxylic acids is 1. The highest BCUT2D eigenvalue weighted by molar-refractivity contribution is 5.88. The lowest BCUT2D eigenvalue weighted by atomic mass is 9.71. The molecule has 1 aromatic carbocycles. The van der Waals surface area contributed by atoms with Gasteiger partial charge in [0.15, 0.2) is 0 Å². The standard InChI is InChI=1S/C17H14F11NO/c18-12(11(30)29-9-5-4-8-10-6-2-1-3-7-10)13(19,20)15(23,24)17(27,28)16(25,26)14(12,21)22/h1-3,6-7H,4-5,8-9H2,(H,29,30). The molecule has 0 aromatic heterocycles. The van der Waals surface area contributed by atoms with Crippen LogP contribution in [0.4, 0.5) is 48.3 Å². The molecular formula is C17H14F11NO. The molecule has 0 atom stereocenters. The fraction of sp³-hybridized carbons (Fsp3) is 0.588. The lowest BCUT2D eigenvalue weighted by Crippen LogP contribution is -2.86. The number of rotatable bonds is 6. The Morgan fingerprint density at radius 2 is 1.10 bits per heavy atom. The Hall–Kier alpha value is -2.08. The van der Waals surface area contributed by atoms with Crippen LogP contribution in [0.5, 0.6) is 0 Å². The number of aryl methyl sites for hydroxylation is 1. The summed E-state index contributed by atoms with van der Waals surface area (Å²) in [5.74, 6) is -39.5. The summed E-state index contributed by atoms with van der Waals surface area (Å²) in [6.45, 7) is -0.836. The Morgan fingerprint density at radius 3 is 1.57 bits per heavy atom. The van der Waals surface area contributed by atoms with E-state index < -0.39 is 47.7 Å². The van der Waals surface area contributed by atoms with Gasteiger partial charge in [0, 0.05) is 6.54 Å². The maximum Gasteiger partial charge on any atom is 0.384 e. The summed E-state index contributed by atoms with van der Waals surface area (Å²) in [7, 11) is 0. The van der Waals surface area contributed by atoms with Crippen LogP contribution in [-0.4, -0.2) is 47.7 Å². The molecule has 0 spiro atoms. The van der Waals surface area contributed by atoms with Crippen molar-refractivity contribution in [2.45, 2.75) is 54.5 Å². The van der Waals surface area contributed by atoms with E-state index in [1.807, 2.05) is 0 Å². The van der Waals surface area contributed by atoms with E-state index in [0.717, 1.165) is 10.9 Å². The second-order valence-electron chi connectivity index (χ2n) is 6.73. The van der Waals surface area contributed by atoms with Gasteiger partial charge in [0.05, 0.1) is 0 Å². The number of hydrogen-bond donors (Lipinski definition) is 1. The number of alkyl halides is 11. The molecule has 1 aliphatic carbocycles. The summed E-state index contributed by atoms with van der Waals surface area (Å²) in [5.41, 5.74) is -5.86. The first-order chi connectivity index (χ1) is 13.5. The first kappa shape index (κ1) is 24.2. The van der Waals surface area contributed by atoms with Gasteiger partial charge < -0.3 is 5.32 Å². The molecule has 2 rings (SSSR count). The van der Waals surface area contributed by atoms with Gasteiger partial charge in [0.2, 0.25) is 0 Å². The molecule has 30 heavy (non-hydrogen) atoms. The summed E-state index contributed by atoms with van der Waals surface area (Å²) in [5, 5.41) is 1.11. The highest BCUT2D eigenvalue weighted by Gasteiger charge is 3.02. The molecule has 0 aliphatic heterocycles. The lowest BCUT2D eigenvalue weighted by Gasteiger charge is -2.51. The van der Waals surface area contributed by atoms with Crippen LogP contribution in [0.25, 0.3) is 0 Å². The van der Waals surface area contributed by atoms with Gasteiger partial charge in [-0.15, -0.1) is 0 Å². The third-order valence-electron chi connectivity index (χ3n) is 4.78. The first-order valence-corrected chi connectivity index (χ1v) is 8.40. The fourth-order valence-electron chi connectivity index (χ4n) is 2.93. The molecule has 1 amide bonds. The SMILES string of the molecule is O=C(NCCCCc1ccccc1)C1(F)C(F)(F)C(F)(F)C(F)(F)C(F)(F)C1(F)F. The number of nitrogens with one attached hydrogen (secondary N) is 1. The van der Waals surface area contributed by atoms with Gasteiger partial charge in [-0.05, 0) is 24.8 Å². The molecule has 0 saturated heterocycles. The molecule has 1 aromatic rings. The summed E-state index contributed by atoms with van der Waals surface area (Å²) in [6, 6.07) is 8.41. The van der Waals surface area contributed by atoms with E-state index in [1.54, 1.807) is 30.3 Å². The average molecular weight is 457 g/mol. The highest BCUT2D eigenvalue weighted by Crippen LogP contribution is 2.69. The zero-order valence-electron chi connectivity index (χ0n) is 14.8. The minimum Gasteiger partial charge on any atom is -0.353 e. The molecule has 1 saturated carbocycles. The Labute approximate surface area is 162 Å². The van der Waals surface area contributed by atoms with Crippen LogP contribution >= 0.6 is 0 Å². The van der Waals surface area contributed by atoms with E-state index in [4.69, 9.17) is 0 Å². The predicted molar refractivity (Wildman–Crippen MR) is 81.0 cm³/mol. The number of unbranched alkanes of at least 4 members (excludes halogenated alkanes) is 1.